The normalized spacial score (nSPS) is 17.7. The Kier molecular flexibility index (Phi) is 7.92. The Morgan fingerprint density at radius 2 is 1.81 bits per heavy atom. The molecule has 1 atom stereocenters. The van der Waals surface area contributed by atoms with Crippen LogP contribution in [0.5, 0.6) is 11.5 Å². The van der Waals surface area contributed by atoms with Crippen molar-refractivity contribution in [3.05, 3.63) is 53.1 Å². The first kappa shape index (κ1) is 30.4. The minimum atomic E-state index is -3.63. The van der Waals surface area contributed by atoms with Gasteiger partial charge in [-0.3, -0.25) is 18.7 Å². The maximum absolute atomic E-state index is 13.8. The highest BCUT2D eigenvalue weighted by Gasteiger charge is 2.44. The Morgan fingerprint density at radius 1 is 1.09 bits per heavy atom. The molecule has 2 amide bonds. The third-order valence-electron chi connectivity index (χ3n) is 6.75. The molecule has 13 heteroatoms. The van der Waals surface area contributed by atoms with E-state index in [1.807, 2.05) is 19.0 Å². The van der Waals surface area contributed by atoms with Gasteiger partial charge in [-0.05, 0) is 65.2 Å². The van der Waals surface area contributed by atoms with E-state index in [9.17, 15) is 22.8 Å². The van der Waals surface area contributed by atoms with Crippen molar-refractivity contribution in [1.82, 2.24) is 9.80 Å². The minimum Gasteiger partial charge on any atom is -0.491 e. The lowest BCUT2D eigenvalue weighted by molar-refractivity contribution is -0.150. The molecule has 0 spiro atoms. The molecule has 0 bridgehead atoms. The maximum atomic E-state index is 13.8. The highest BCUT2D eigenvalue weighted by Crippen LogP contribution is 2.49. The summed E-state index contributed by atoms with van der Waals surface area (Å²) in [6, 6.07) is 4.96. The van der Waals surface area contributed by atoms with E-state index in [2.05, 4.69) is 0 Å². The fourth-order valence-corrected chi connectivity index (χ4v) is 5.31. The number of aliphatic imine (C=N–C) groups is 1. The van der Waals surface area contributed by atoms with E-state index in [-0.39, 0.29) is 42.2 Å². The molecule has 5 rings (SSSR count). The Hall–Kier alpha value is -4.07. The molecule has 2 heterocycles. The van der Waals surface area contributed by atoms with Crippen molar-refractivity contribution in [3.8, 4) is 11.5 Å². The van der Waals surface area contributed by atoms with E-state index in [0.29, 0.717) is 34.5 Å². The predicted octanol–water partition coefficient (Wildman–Crippen LogP) is 3.02. The Bertz CT molecular complexity index is 1730. The summed E-state index contributed by atoms with van der Waals surface area (Å²) in [5.41, 5.74) is 0.464. The quantitative estimate of drug-likeness (QED) is 0.180. The monoisotopic (exact) mass is 611 g/mol. The topological polar surface area (TPSA) is 141 Å². The summed E-state index contributed by atoms with van der Waals surface area (Å²) in [4.78, 5) is 48.6. The van der Waals surface area contributed by atoms with Gasteiger partial charge in [0, 0.05) is 23.9 Å². The number of imide groups is 1. The van der Waals surface area contributed by atoms with Crippen LogP contribution in [-0.2, 0) is 23.8 Å². The van der Waals surface area contributed by atoms with Crippen molar-refractivity contribution in [2.24, 2.45) is 4.99 Å². The molecule has 2 aromatic carbocycles. The van der Waals surface area contributed by atoms with E-state index in [0.717, 1.165) is 6.26 Å². The van der Waals surface area contributed by atoms with Gasteiger partial charge in [0.25, 0.3) is 21.9 Å². The lowest BCUT2D eigenvalue weighted by Crippen LogP contribution is -2.38. The molecule has 0 saturated heterocycles. The van der Waals surface area contributed by atoms with Crippen molar-refractivity contribution < 1.29 is 41.2 Å². The number of carbonyl (C=O) groups excluding carboxylic acids is 3. The molecular weight excluding hydrogens is 578 g/mol. The van der Waals surface area contributed by atoms with Crippen LogP contribution in [0.15, 0.2) is 47.0 Å². The molecule has 0 radical (unpaired) electrons. The van der Waals surface area contributed by atoms with E-state index in [4.69, 9.17) is 23.4 Å². The van der Waals surface area contributed by atoms with E-state index in [1.54, 1.807) is 57.2 Å². The van der Waals surface area contributed by atoms with Gasteiger partial charge in [0.1, 0.15) is 30.3 Å². The van der Waals surface area contributed by atoms with Crippen LogP contribution >= 0.6 is 0 Å². The maximum Gasteiger partial charge on any atom is 0.338 e. The third kappa shape index (κ3) is 6.19. The molecular formula is C30H33N3O9S. The van der Waals surface area contributed by atoms with Crippen LogP contribution in [0.3, 0.4) is 0 Å². The van der Waals surface area contributed by atoms with Gasteiger partial charge in [0.2, 0.25) is 0 Å². The number of rotatable bonds is 9. The summed E-state index contributed by atoms with van der Waals surface area (Å²) in [6.07, 6.45) is 5.00. The van der Waals surface area contributed by atoms with Gasteiger partial charge in [0.15, 0.2) is 11.9 Å². The Balaban J connectivity index is 1.61. The van der Waals surface area contributed by atoms with Crippen molar-refractivity contribution in [3.63, 3.8) is 0 Å². The number of hydrogen-bond acceptors (Lipinski definition) is 11. The second kappa shape index (κ2) is 11.2. The second-order valence-corrected chi connectivity index (χ2v) is 13.2. The lowest BCUT2D eigenvalue weighted by Gasteiger charge is -2.30. The number of amides is 2. The van der Waals surface area contributed by atoms with Gasteiger partial charge < -0.3 is 19.1 Å². The predicted molar refractivity (Wildman–Crippen MR) is 159 cm³/mol. The molecule has 12 nitrogen and oxygen atoms in total. The zero-order valence-electron chi connectivity index (χ0n) is 24.8. The highest BCUT2D eigenvalue weighted by molar-refractivity contribution is 7.85. The molecule has 1 unspecified atom stereocenters. The van der Waals surface area contributed by atoms with Crippen LogP contribution in [-0.4, -0.2) is 100 Å². The first-order valence-electron chi connectivity index (χ1n) is 13.6. The smallest absolute Gasteiger partial charge is 0.338 e. The summed E-state index contributed by atoms with van der Waals surface area (Å²) in [5.74, 6) is -1.14. The van der Waals surface area contributed by atoms with Crippen LogP contribution in [0.2, 0.25) is 0 Å². The average molecular weight is 612 g/mol. The molecule has 2 aromatic rings. The zero-order valence-corrected chi connectivity index (χ0v) is 25.6. The molecule has 2 aliphatic heterocycles. The largest absolute Gasteiger partial charge is 0.491 e. The fraction of sp³-hybridized carbons (Fsp3) is 0.400. The summed E-state index contributed by atoms with van der Waals surface area (Å²) in [7, 11) is 0.0513. The molecule has 3 aliphatic rings. The number of esters is 1. The molecule has 0 N–H and O–H groups in total. The van der Waals surface area contributed by atoms with Gasteiger partial charge in [-0.2, -0.15) is 8.42 Å². The molecule has 0 fully saturated rings. The molecule has 0 saturated carbocycles. The number of allylic oxidation sites excluding steroid dienone is 2. The molecule has 43 heavy (non-hydrogen) atoms. The van der Waals surface area contributed by atoms with Gasteiger partial charge in [0.05, 0.1) is 28.7 Å². The highest BCUT2D eigenvalue weighted by atomic mass is 32.2. The first-order chi connectivity index (χ1) is 20.1. The van der Waals surface area contributed by atoms with Crippen molar-refractivity contribution >= 4 is 50.1 Å². The lowest BCUT2D eigenvalue weighted by atomic mass is 9.93. The van der Waals surface area contributed by atoms with E-state index >= 15 is 0 Å². The van der Waals surface area contributed by atoms with Crippen LogP contribution in [0.4, 0.5) is 5.69 Å². The second-order valence-electron chi connectivity index (χ2n) is 11.6. The summed E-state index contributed by atoms with van der Waals surface area (Å²) in [6.45, 7) is 5.62. The zero-order chi connectivity index (χ0) is 31.3. The van der Waals surface area contributed by atoms with E-state index < -0.39 is 39.6 Å². The summed E-state index contributed by atoms with van der Waals surface area (Å²) < 4.78 is 45.0. The van der Waals surface area contributed by atoms with Gasteiger partial charge in [-0.1, -0.05) is 6.08 Å². The minimum absolute atomic E-state index is 0.0599. The number of likely N-dealkylation sites (N-methyl/N-ethyl adjacent to an activating group) is 1. The number of fused-ring (bicyclic) bond motifs is 7. The van der Waals surface area contributed by atoms with Crippen LogP contribution < -0.4 is 9.47 Å². The van der Waals surface area contributed by atoms with Crippen LogP contribution in [0.1, 0.15) is 41.5 Å². The Morgan fingerprint density at radius 3 is 2.49 bits per heavy atom. The summed E-state index contributed by atoms with van der Waals surface area (Å²) >= 11 is 0. The SMILES string of the molecule is CN(C)CCN1C(=O)c2c3c(c4ccc(OCCOS(C)(=O)=O)cc4c2C1=O)N=C1C=CC=C(C(=O)OC(C)(C)C)C1O3. The van der Waals surface area contributed by atoms with Gasteiger partial charge in [-0.15, -0.1) is 0 Å². The van der Waals surface area contributed by atoms with Crippen molar-refractivity contribution in [1.29, 1.82) is 0 Å². The molecule has 1 aliphatic carbocycles. The van der Waals surface area contributed by atoms with Gasteiger partial charge in [-0.25, -0.2) is 9.79 Å². The standard InChI is InChI=1S/C30H33N3O9S/c1-30(2,3)42-29(36)19-8-7-9-21-25(19)41-26-23-22(27(34)33(28(23)35)13-12-32(4)5)20-16-17(10-11-18(20)24(26)31-21)39-14-15-40-43(6,37)38/h7-11,16,25H,12-15H2,1-6H3. The number of carbonyl (C=O) groups is 3. The molecule has 0 aromatic heterocycles. The third-order valence-corrected chi connectivity index (χ3v) is 7.35. The number of nitrogens with zero attached hydrogens (tertiary/aromatic N) is 3. The van der Waals surface area contributed by atoms with E-state index in [1.165, 1.54) is 4.90 Å². The fourth-order valence-electron chi connectivity index (χ4n) is 4.94. The van der Waals surface area contributed by atoms with Crippen LogP contribution in [0, 0.1) is 0 Å². The Labute approximate surface area is 249 Å². The average Bonchev–Trinajstić information content (AvgIpc) is 3.16. The van der Waals surface area contributed by atoms with Crippen molar-refractivity contribution in [2.45, 2.75) is 32.5 Å². The number of hydrogen-bond donors (Lipinski definition) is 0. The van der Waals surface area contributed by atoms with Crippen molar-refractivity contribution in [2.75, 3.05) is 46.7 Å². The van der Waals surface area contributed by atoms with Gasteiger partial charge >= 0.3 is 5.97 Å². The summed E-state index contributed by atoms with van der Waals surface area (Å²) in [5, 5.41) is 0.965. The molecule has 228 valence electrons. The first-order valence-corrected chi connectivity index (χ1v) is 15.4. The van der Waals surface area contributed by atoms with Crippen LogP contribution in [0.25, 0.3) is 10.8 Å². The number of ether oxygens (including phenoxy) is 3. The number of benzene rings is 2.